The summed E-state index contributed by atoms with van der Waals surface area (Å²) in [6.45, 7) is 6.33. The average molecular weight is 376 g/mol. The van der Waals surface area contributed by atoms with Gasteiger partial charge in [0.05, 0.1) is 24.8 Å². The molecule has 7 nitrogen and oxygen atoms in total. The molecule has 0 spiro atoms. The number of aromatic hydroxyl groups is 1. The second-order valence-electron chi connectivity index (χ2n) is 6.43. The Kier molecular flexibility index (Phi) is 7.52. The van der Waals surface area contributed by atoms with Crippen molar-refractivity contribution in [2.24, 2.45) is 0 Å². The molecule has 0 saturated heterocycles. The van der Waals surface area contributed by atoms with Crippen molar-refractivity contribution in [2.75, 3.05) is 13.2 Å². The van der Waals surface area contributed by atoms with Crippen LogP contribution in [0.25, 0.3) is 0 Å². The number of phenols is 1. The number of hydrogen-bond donors (Lipinski definition) is 3. The smallest absolute Gasteiger partial charge is 0.338 e. The van der Waals surface area contributed by atoms with E-state index in [9.17, 15) is 14.7 Å². The fourth-order valence-corrected chi connectivity index (χ4v) is 2.97. The number of allylic oxidation sites excluding steroid dienone is 1. The highest BCUT2D eigenvalue weighted by molar-refractivity contribution is 5.95. The zero-order chi connectivity index (χ0) is 19.8. The van der Waals surface area contributed by atoms with E-state index in [-0.39, 0.29) is 5.75 Å². The minimum atomic E-state index is -0.679. The Morgan fingerprint density at radius 1 is 1.22 bits per heavy atom. The standard InChI is InChI=1S/C20H28N2O5/c1-4-6-7-8-11-27-19(24)17-13(3)21-20(25)22-18(17)14-9-10-15(23)16(12-14)26-5-2/h9-10,12,18,23H,4-8,11H2,1-3H3,(H2,21,22,25)/t18-/m1/s1. The zero-order valence-electron chi connectivity index (χ0n) is 16.1. The highest BCUT2D eigenvalue weighted by Crippen LogP contribution is 2.34. The monoisotopic (exact) mass is 376 g/mol. The predicted octanol–water partition coefficient (Wildman–Crippen LogP) is 3.54. The molecule has 0 aromatic heterocycles. The molecule has 0 saturated carbocycles. The predicted molar refractivity (Wildman–Crippen MR) is 101 cm³/mol. The van der Waals surface area contributed by atoms with E-state index in [0.717, 1.165) is 25.7 Å². The van der Waals surface area contributed by atoms with Crippen molar-refractivity contribution >= 4 is 12.0 Å². The van der Waals surface area contributed by atoms with Crippen molar-refractivity contribution < 1.29 is 24.2 Å². The number of phenolic OH excluding ortho intramolecular Hbond substituents is 1. The molecule has 0 unspecified atom stereocenters. The first-order valence-electron chi connectivity index (χ1n) is 9.39. The number of esters is 1. The third-order valence-corrected chi connectivity index (χ3v) is 4.34. The summed E-state index contributed by atoms with van der Waals surface area (Å²) in [6, 6.07) is 3.68. The van der Waals surface area contributed by atoms with Crippen molar-refractivity contribution in [2.45, 2.75) is 52.5 Å². The maximum absolute atomic E-state index is 12.7. The Labute approximate surface area is 159 Å². The quantitative estimate of drug-likeness (QED) is 0.452. The molecule has 0 radical (unpaired) electrons. The number of ether oxygens (including phenoxy) is 2. The summed E-state index contributed by atoms with van der Waals surface area (Å²) in [4.78, 5) is 24.6. The third-order valence-electron chi connectivity index (χ3n) is 4.34. The van der Waals surface area contributed by atoms with E-state index in [0.29, 0.717) is 35.8 Å². The molecular weight excluding hydrogens is 348 g/mol. The molecule has 0 fully saturated rings. The summed E-state index contributed by atoms with van der Waals surface area (Å²) in [6.07, 6.45) is 4.03. The van der Waals surface area contributed by atoms with Crippen LogP contribution in [0.4, 0.5) is 4.79 Å². The highest BCUT2D eigenvalue weighted by Gasteiger charge is 2.32. The molecule has 2 amide bonds. The summed E-state index contributed by atoms with van der Waals surface area (Å²) in [5.74, 6) is -0.165. The molecule has 27 heavy (non-hydrogen) atoms. The molecule has 0 bridgehead atoms. The van der Waals surface area contributed by atoms with Gasteiger partial charge in [-0.1, -0.05) is 32.3 Å². The van der Waals surface area contributed by atoms with Crippen LogP contribution in [-0.2, 0) is 9.53 Å². The van der Waals surface area contributed by atoms with E-state index in [1.165, 1.54) is 6.07 Å². The van der Waals surface area contributed by atoms with E-state index in [1.54, 1.807) is 19.1 Å². The van der Waals surface area contributed by atoms with Crippen LogP contribution in [0.15, 0.2) is 29.5 Å². The number of benzene rings is 1. The van der Waals surface area contributed by atoms with Gasteiger partial charge in [0.15, 0.2) is 11.5 Å². The van der Waals surface area contributed by atoms with E-state index in [4.69, 9.17) is 9.47 Å². The molecule has 1 aromatic carbocycles. The van der Waals surface area contributed by atoms with Gasteiger partial charge < -0.3 is 25.2 Å². The first kappa shape index (κ1) is 20.6. The molecule has 1 aromatic rings. The zero-order valence-corrected chi connectivity index (χ0v) is 16.1. The largest absolute Gasteiger partial charge is 0.504 e. The highest BCUT2D eigenvalue weighted by atomic mass is 16.5. The van der Waals surface area contributed by atoms with Crippen LogP contribution in [0.1, 0.15) is 58.1 Å². The van der Waals surface area contributed by atoms with Gasteiger partial charge in [-0.15, -0.1) is 0 Å². The fourth-order valence-electron chi connectivity index (χ4n) is 2.97. The molecule has 1 aliphatic rings. The van der Waals surface area contributed by atoms with Gasteiger partial charge in [0, 0.05) is 5.70 Å². The molecule has 1 heterocycles. The Morgan fingerprint density at radius 3 is 2.70 bits per heavy atom. The number of rotatable bonds is 9. The normalized spacial score (nSPS) is 16.6. The number of hydrogen-bond acceptors (Lipinski definition) is 5. The number of nitrogens with one attached hydrogen (secondary N) is 2. The van der Waals surface area contributed by atoms with Gasteiger partial charge in [-0.05, 0) is 38.0 Å². The lowest BCUT2D eigenvalue weighted by Gasteiger charge is -2.28. The van der Waals surface area contributed by atoms with Gasteiger partial charge in [-0.3, -0.25) is 0 Å². The number of carbonyl (C=O) groups excluding carboxylic acids is 2. The van der Waals surface area contributed by atoms with E-state index >= 15 is 0 Å². The fraction of sp³-hybridized carbons (Fsp3) is 0.500. The van der Waals surface area contributed by atoms with Gasteiger partial charge in [0.1, 0.15) is 0 Å². The van der Waals surface area contributed by atoms with Crippen LogP contribution < -0.4 is 15.4 Å². The van der Waals surface area contributed by atoms with Crippen LogP contribution in [0.5, 0.6) is 11.5 Å². The Balaban J connectivity index is 2.22. The van der Waals surface area contributed by atoms with Gasteiger partial charge in [-0.25, -0.2) is 9.59 Å². The van der Waals surface area contributed by atoms with E-state index in [1.807, 2.05) is 6.92 Å². The van der Waals surface area contributed by atoms with Crippen molar-refractivity contribution in [3.05, 3.63) is 35.0 Å². The average Bonchev–Trinajstić information content (AvgIpc) is 2.62. The van der Waals surface area contributed by atoms with Gasteiger partial charge in [0.25, 0.3) is 0 Å². The first-order valence-corrected chi connectivity index (χ1v) is 9.39. The second-order valence-corrected chi connectivity index (χ2v) is 6.43. The lowest BCUT2D eigenvalue weighted by molar-refractivity contribution is -0.139. The maximum atomic E-state index is 12.7. The number of carbonyl (C=O) groups is 2. The van der Waals surface area contributed by atoms with Crippen LogP contribution in [0.2, 0.25) is 0 Å². The van der Waals surface area contributed by atoms with Crippen LogP contribution in [-0.4, -0.2) is 30.3 Å². The Morgan fingerprint density at radius 2 is 2.00 bits per heavy atom. The summed E-state index contributed by atoms with van der Waals surface area (Å²) >= 11 is 0. The SMILES string of the molecule is CCCCCCOC(=O)C1=C(C)NC(=O)N[C@@H]1c1ccc(O)c(OCC)c1. The molecule has 7 heteroatoms. The topological polar surface area (TPSA) is 96.9 Å². The lowest BCUT2D eigenvalue weighted by atomic mass is 9.95. The van der Waals surface area contributed by atoms with Gasteiger partial charge in [0.2, 0.25) is 0 Å². The number of unbranched alkanes of at least 4 members (excludes halogenated alkanes) is 3. The minimum absolute atomic E-state index is 0.00149. The van der Waals surface area contributed by atoms with Crippen molar-refractivity contribution in [1.82, 2.24) is 10.6 Å². The minimum Gasteiger partial charge on any atom is -0.504 e. The number of urea groups is 1. The Hall–Kier alpha value is -2.70. The van der Waals surface area contributed by atoms with Crippen LogP contribution >= 0.6 is 0 Å². The van der Waals surface area contributed by atoms with Gasteiger partial charge in [-0.2, -0.15) is 0 Å². The summed E-state index contributed by atoms with van der Waals surface area (Å²) in [5, 5.41) is 15.3. The molecule has 1 atom stereocenters. The Bertz CT molecular complexity index is 714. The van der Waals surface area contributed by atoms with Crippen molar-refractivity contribution in [3.63, 3.8) is 0 Å². The van der Waals surface area contributed by atoms with E-state index in [2.05, 4.69) is 17.6 Å². The van der Waals surface area contributed by atoms with E-state index < -0.39 is 18.0 Å². The van der Waals surface area contributed by atoms with Crippen molar-refractivity contribution in [3.8, 4) is 11.5 Å². The summed E-state index contributed by atoms with van der Waals surface area (Å²) in [7, 11) is 0. The molecule has 1 aliphatic heterocycles. The number of amides is 2. The third kappa shape index (κ3) is 5.39. The summed E-state index contributed by atoms with van der Waals surface area (Å²) < 4.78 is 10.8. The van der Waals surface area contributed by atoms with Crippen LogP contribution in [0.3, 0.4) is 0 Å². The maximum Gasteiger partial charge on any atom is 0.338 e. The van der Waals surface area contributed by atoms with Crippen LogP contribution in [0, 0.1) is 0 Å². The summed E-state index contributed by atoms with van der Waals surface area (Å²) in [5.41, 5.74) is 1.43. The lowest BCUT2D eigenvalue weighted by Crippen LogP contribution is -2.45. The van der Waals surface area contributed by atoms with Gasteiger partial charge >= 0.3 is 12.0 Å². The molecule has 148 valence electrons. The molecule has 0 aliphatic carbocycles. The van der Waals surface area contributed by atoms with Crippen molar-refractivity contribution in [1.29, 1.82) is 0 Å². The molecular formula is C20H28N2O5. The molecule has 2 rings (SSSR count). The molecule has 3 N–H and O–H groups in total. The second kappa shape index (κ2) is 9.85. The first-order chi connectivity index (χ1) is 13.0.